The van der Waals surface area contributed by atoms with Gasteiger partial charge >= 0.3 is 5.91 Å². The van der Waals surface area contributed by atoms with Gasteiger partial charge in [-0.25, -0.2) is 4.98 Å². The number of Topliss-reactive ketones (excluding diaryl/α,β-unsaturated/α-hetero) is 1. The Balaban J connectivity index is 1.54. The average molecular weight is 501 g/mol. The number of hydrogen-bond donors (Lipinski definition) is 1. The van der Waals surface area contributed by atoms with Crippen molar-refractivity contribution in [1.82, 2.24) is 4.98 Å². The second-order valence-electron chi connectivity index (χ2n) is 8.48. The molecule has 1 saturated heterocycles. The quantitative estimate of drug-likeness (QED) is 0.240. The van der Waals surface area contributed by atoms with Crippen LogP contribution < -0.4 is 19.1 Å². The SMILES string of the molecule is COc1ccc(C2/C(=C(\O)c3ccc4c(c3)OCO4)C(=O)C(=O)N2c2nc3ccc(C)cc3s2)cc1. The van der Waals surface area contributed by atoms with Crippen molar-refractivity contribution in [2.24, 2.45) is 0 Å². The van der Waals surface area contributed by atoms with Crippen LogP contribution >= 0.6 is 11.3 Å². The number of methoxy groups -OCH3 is 1. The van der Waals surface area contributed by atoms with Crippen LogP contribution in [-0.4, -0.2) is 35.7 Å². The van der Waals surface area contributed by atoms with Crippen molar-refractivity contribution in [3.63, 3.8) is 0 Å². The molecular formula is C27H20N2O6S. The molecule has 2 aliphatic rings. The molecule has 1 N–H and O–H groups in total. The summed E-state index contributed by atoms with van der Waals surface area (Å²) in [4.78, 5) is 32.8. The first-order chi connectivity index (χ1) is 17.4. The molecule has 0 spiro atoms. The predicted octanol–water partition coefficient (Wildman–Crippen LogP) is 4.97. The van der Waals surface area contributed by atoms with E-state index in [4.69, 9.17) is 14.2 Å². The van der Waals surface area contributed by atoms with E-state index in [1.165, 1.54) is 16.2 Å². The second-order valence-corrected chi connectivity index (χ2v) is 9.49. The van der Waals surface area contributed by atoms with Gasteiger partial charge in [0.15, 0.2) is 16.6 Å². The van der Waals surface area contributed by atoms with Gasteiger partial charge in [-0.1, -0.05) is 29.5 Å². The smallest absolute Gasteiger partial charge is 0.301 e. The van der Waals surface area contributed by atoms with Crippen molar-refractivity contribution in [2.75, 3.05) is 18.8 Å². The lowest BCUT2D eigenvalue weighted by Crippen LogP contribution is -2.29. The fourth-order valence-electron chi connectivity index (χ4n) is 4.45. The number of aliphatic hydroxyl groups excluding tert-OH is 1. The van der Waals surface area contributed by atoms with Crippen molar-refractivity contribution >= 4 is 44.1 Å². The highest BCUT2D eigenvalue weighted by molar-refractivity contribution is 7.22. The third-order valence-corrected chi connectivity index (χ3v) is 7.28. The van der Waals surface area contributed by atoms with Crippen LogP contribution in [0.3, 0.4) is 0 Å². The molecule has 9 heteroatoms. The van der Waals surface area contributed by atoms with Crippen LogP contribution in [0.15, 0.2) is 66.2 Å². The van der Waals surface area contributed by atoms with Crippen LogP contribution in [0.25, 0.3) is 16.0 Å². The van der Waals surface area contributed by atoms with E-state index in [1.54, 1.807) is 49.6 Å². The van der Waals surface area contributed by atoms with Crippen LogP contribution in [-0.2, 0) is 9.59 Å². The van der Waals surface area contributed by atoms with Crippen LogP contribution in [0.2, 0.25) is 0 Å². The zero-order valence-corrected chi connectivity index (χ0v) is 20.2. The summed E-state index contributed by atoms with van der Waals surface area (Å²) in [5.41, 5.74) is 2.74. The molecule has 36 heavy (non-hydrogen) atoms. The fraction of sp³-hybridized carbons (Fsp3) is 0.148. The molecule has 2 aliphatic heterocycles. The highest BCUT2D eigenvalue weighted by Crippen LogP contribution is 2.45. The standard InChI is InChI=1S/C27H20N2O6S/c1-14-3-9-18-21(11-14)36-27(28-18)29-23(15-4-7-17(33-2)8-5-15)22(25(31)26(29)32)24(30)16-6-10-19-20(12-16)35-13-34-19/h3-12,23,30H,13H2,1-2H3/b24-22+. The summed E-state index contributed by atoms with van der Waals surface area (Å²) in [6.45, 7) is 2.06. The molecule has 0 aliphatic carbocycles. The zero-order chi connectivity index (χ0) is 25.0. The molecule has 0 saturated carbocycles. The summed E-state index contributed by atoms with van der Waals surface area (Å²) in [6, 6.07) is 16.8. The Morgan fingerprint density at radius 1 is 1.06 bits per heavy atom. The van der Waals surface area contributed by atoms with Gasteiger partial charge in [-0.15, -0.1) is 0 Å². The number of hydrogen-bond acceptors (Lipinski definition) is 8. The number of benzene rings is 3. The Labute approximate surface area is 210 Å². The first-order valence-electron chi connectivity index (χ1n) is 11.2. The van der Waals surface area contributed by atoms with Gasteiger partial charge in [-0.2, -0.15) is 0 Å². The van der Waals surface area contributed by atoms with E-state index in [0.29, 0.717) is 33.5 Å². The van der Waals surface area contributed by atoms with Crippen LogP contribution in [0.5, 0.6) is 17.2 Å². The molecule has 3 heterocycles. The number of carbonyl (C=O) groups is 2. The Morgan fingerprint density at radius 3 is 2.61 bits per heavy atom. The molecule has 1 unspecified atom stereocenters. The molecular weight excluding hydrogens is 480 g/mol. The molecule has 1 fully saturated rings. The van der Waals surface area contributed by atoms with Gasteiger partial charge in [-0.3, -0.25) is 14.5 Å². The number of rotatable bonds is 4. The number of amides is 1. The topological polar surface area (TPSA) is 98.2 Å². The van der Waals surface area contributed by atoms with E-state index in [0.717, 1.165) is 15.8 Å². The van der Waals surface area contributed by atoms with Crippen LogP contribution in [0, 0.1) is 6.92 Å². The summed E-state index contributed by atoms with van der Waals surface area (Å²) in [5, 5.41) is 11.7. The maximum absolute atomic E-state index is 13.4. The summed E-state index contributed by atoms with van der Waals surface area (Å²) in [7, 11) is 1.56. The Morgan fingerprint density at radius 2 is 1.83 bits per heavy atom. The number of thiazole rings is 1. The van der Waals surface area contributed by atoms with E-state index in [-0.39, 0.29) is 18.1 Å². The largest absolute Gasteiger partial charge is 0.507 e. The average Bonchev–Trinajstić information content (AvgIpc) is 3.59. The lowest BCUT2D eigenvalue weighted by Gasteiger charge is -2.23. The molecule has 1 aromatic heterocycles. The number of anilines is 1. The van der Waals surface area contributed by atoms with Crippen molar-refractivity contribution in [3.8, 4) is 17.2 Å². The van der Waals surface area contributed by atoms with E-state index < -0.39 is 17.7 Å². The maximum Gasteiger partial charge on any atom is 0.301 e. The van der Waals surface area contributed by atoms with Crippen molar-refractivity contribution in [3.05, 3.63) is 82.9 Å². The number of carbonyl (C=O) groups excluding carboxylic acids is 2. The summed E-state index contributed by atoms with van der Waals surface area (Å²) in [5.74, 6) is -0.219. The van der Waals surface area contributed by atoms with E-state index in [9.17, 15) is 14.7 Å². The third kappa shape index (κ3) is 3.47. The molecule has 4 aromatic rings. The number of aryl methyl sites for hydroxylation is 1. The van der Waals surface area contributed by atoms with E-state index >= 15 is 0 Å². The van der Waals surface area contributed by atoms with Gasteiger partial charge in [0, 0.05) is 5.56 Å². The molecule has 8 nitrogen and oxygen atoms in total. The highest BCUT2D eigenvalue weighted by atomic mass is 32.1. The number of ether oxygens (including phenoxy) is 3. The van der Waals surface area contributed by atoms with Gasteiger partial charge in [0.1, 0.15) is 11.5 Å². The van der Waals surface area contributed by atoms with Gasteiger partial charge in [-0.05, 0) is 60.5 Å². The number of nitrogens with zero attached hydrogens (tertiary/aromatic N) is 2. The third-order valence-electron chi connectivity index (χ3n) is 6.26. The first-order valence-corrected chi connectivity index (χ1v) is 12.0. The van der Waals surface area contributed by atoms with E-state index in [1.807, 2.05) is 25.1 Å². The van der Waals surface area contributed by atoms with E-state index in [2.05, 4.69) is 4.98 Å². The molecule has 6 rings (SSSR count). The number of ketones is 1. The molecule has 180 valence electrons. The number of fused-ring (bicyclic) bond motifs is 2. The van der Waals surface area contributed by atoms with Gasteiger partial charge in [0.25, 0.3) is 5.78 Å². The highest BCUT2D eigenvalue weighted by Gasteiger charge is 2.48. The monoisotopic (exact) mass is 500 g/mol. The minimum absolute atomic E-state index is 0.0283. The van der Waals surface area contributed by atoms with Gasteiger partial charge in [0.05, 0.1) is 28.9 Å². The fourth-order valence-corrected chi connectivity index (χ4v) is 5.54. The predicted molar refractivity (Wildman–Crippen MR) is 135 cm³/mol. The van der Waals surface area contributed by atoms with Gasteiger partial charge < -0.3 is 19.3 Å². The molecule has 0 bridgehead atoms. The number of aliphatic hydroxyl groups is 1. The minimum Gasteiger partial charge on any atom is -0.507 e. The molecule has 1 amide bonds. The summed E-state index contributed by atoms with van der Waals surface area (Å²) in [6.07, 6.45) is 0. The second kappa shape index (κ2) is 8.39. The molecule has 3 aromatic carbocycles. The number of aromatic nitrogens is 1. The Hall–Kier alpha value is -4.37. The summed E-state index contributed by atoms with van der Waals surface area (Å²) < 4.78 is 17.0. The van der Waals surface area contributed by atoms with Crippen LogP contribution in [0.1, 0.15) is 22.7 Å². The lowest BCUT2D eigenvalue weighted by atomic mass is 9.95. The normalized spacial score (nSPS) is 18.3. The van der Waals surface area contributed by atoms with Crippen LogP contribution in [0.4, 0.5) is 5.13 Å². The Kier molecular flexibility index (Phi) is 5.15. The molecule has 1 atom stereocenters. The molecule has 0 radical (unpaired) electrons. The minimum atomic E-state index is -0.886. The van der Waals surface area contributed by atoms with Crippen molar-refractivity contribution < 1.29 is 28.9 Å². The van der Waals surface area contributed by atoms with Crippen molar-refractivity contribution in [2.45, 2.75) is 13.0 Å². The summed E-state index contributed by atoms with van der Waals surface area (Å²) >= 11 is 1.32. The van der Waals surface area contributed by atoms with Gasteiger partial charge in [0.2, 0.25) is 6.79 Å². The maximum atomic E-state index is 13.4. The first kappa shape index (κ1) is 22.1. The lowest BCUT2D eigenvalue weighted by molar-refractivity contribution is -0.132. The Bertz CT molecular complexity index is 1570. The zero-order valence-electron chi connectivity index (χ0n) is 19.3. The van der Waals surface area contributed by atoms with Crippen molar-refractivity contribution in [1.29, 1.82) is 0 Å².